The lowest BCUT2D eigenvalue weighted by Gasteiger charge is -2.31. The minimum absolute atomic E-state index is 0.113. The lowest BCUT2D eigenvalue weighted by Crippen LogP contribution is -2.45. The molecule has 0 aromatic carbocycles. The number of hydrogen-bond acceptors (Lipinski definition) is 4. The van der Waals surface area contributed by atoms with E-state index in [1.165, 1.54) is 0 Å². The Bertz CT molecular complexity index is 359. The lowest BCUT2D eigenvalue weighted by molar-refractivity contribution is 0.0488. The molecule has 0 spiro atoms. The zero-order valence-electron chi connectivity index (χ0n) is 14.2. The van der Waals surface area contributed by atoms with Crippen LogP contribution in [-0.4, -0.2) is 41.5 Å². The van der Waals surface area contributed by atoms with Gasteiger partial charge in [-0.05, 0) is 65.2 Å². The molecule has 0 radical (unpaired) electrons. The van der Waals surface area contributed by atoms with Gasteiger partial charge >= 0.3 is 6.09 Å². The summed E-state index contributed by atoms with van der Waals surface area (Å²) < 4.78 is 5.30. The third-order valence-electron chi connectivity index (χ3n) is 4.74. The maximum Gasteiger partial charge on any atom is 0.407 e. The highest BCUT2D eigenvalue weighted by Gasteiger charge is 2.28. The largest absolute Gasteiger partial charge is 0.444 e. The summed E-state index contributed by atoms with van der Waals surface area (Å²) in [5.74, 6) is 0.428. The highest BCUT2D eigenvalue weighted by Crippen LogP contribution is 2.26. The Morgan fingerprint density at radius 3 is 2.27 bits per heavy atom. The fourth-order valence-corrected chi connectivity index (χ4v) is 3.49. The van der Waals surface area contributed by atoms with E-state index in [0.29, 0.717) is 12.0 Å². The van der Waals surface area contributed by atoms with Gasteiger partial charge in [0.1, 0.15) is 5.60 Å². The molecule has 2 aliphatic rings. The second-order valence-electron chi connectivity index (χ2n) is 7.86. The summed E-state index contributed by atoms with van der Waals surface area (Å²) in [5.41, 5.74) is -0.440. The van der Waals surface area contributed by atoms with Gasteiger partial charge in [-0.3, -0.25) is 0 Å². The fourth-order valence-electron chi connectivity index (χ4n) is 3.49. The highest BCUT2D eigenvalue weighted by atomic mass is 16.6. The summed E-state index contributed by atoms with van der Waals surface area (Å²) in [6.07, 6.45) is 6.96. The lowest BCUT2D eigenvalue weighted by atomic mass is 9.91. The van der Waals surface area contributed by atoms with Crippen molar-refractivity contribution in [1.82, 2.24) is 10.6 Å². The van der Waals surface area contributed by atoms with Gasteiger partial charge in [0.15, 0.2) is 0 Å². The molecule has 2 aliphatic carbocycles. The van der Waals surface area contributed by atoms with Crippen molar-refractivity contribution >= 4 is 6.09 Å². The molecule has 0 saturated heterocycles. The third-order valence-corrected chi connectivity index (χ3v) is 4.74. The first-order chi connectivity index (χ1) is 10.3. The van der Waals surface area contributed by atoms with Crippen LogP contribution in [-0.2, 0) is 4.74 Å². The average Bonchev–Trinajstić information content (AvgIpc) is 2.81. The number of alkyl carbamates (subject to hydrolysis) is 1. The van der Waals surface area contributed by atoms with Crippen molar-refractivity contribution in [1.29, 1.82) is 0 Å². The topological polar surface area (TPSA) is 70.6 Å². The molecule has 3 N–H and O–H groups in total. The van der Waals surface area contributed by atoms with Crippen LogP contribution in [0.1, 0.15) is 65.7 Å². The SMILES string of the molecule is CC(C)(C)OC(=O)NC1CCC(NCC2CCCC2O)CC1. The second kappa shape index (κ2) is 7.64. The molecule has 2 unspecified atom stereocenters. The molecule has 5 heteroatoms. The third kappa shape index (κ3) is 5.76. The molecule has 0 bridgehead atoms. The Hall–Kier alpha value is -0.810. The molecule has 0 aliphatic heterocycles. The zero-order chi connectivity index (χ0) is 16.2. The second-order valence-corrected chi connectivity index (χ2v) is 7.86. The molecule has 0 aromatic rings. The number of hydrogen-bond donors (Lipinski definition) is 3. The van der Waals surface area contributed by atoms with Crippen LogP contribution in [0.2, 0.25) is 0 Å². The van der Waals surface area contributed by atoms with Crippen LogP contribution < -0.4 is 10.6 Å². The van der Waals surface area contributed by atoms with E-state index in [-0.39, 0.29) is 18.2 Å². The van der Waals surface area contributed by atoms with E-state index in [9.17, 15) is 9.90 Å². The average molecular weight is 312 g/mol. The van der Waals surface area contributed by atoms with Gasteiger partial charge in [0.05, 0.1) is 6.10 Å². The van der Waals surface area contributed by atoms with E-state index in [0.717, 1.165) is 51.5 Å². The summed E-state index contributed by atoms with van der Waals surface area (Å²) in [6, 6.07) is 0.745. The first-order valence-electron chi connectivity index (χ1n) is 8.74. The smallest absolute Gasteiger partial charge is 0.407 e. The Balaban J connectivity index is 1.62. The number of aliphatic hydroxyl groups is 1. The van der Waals surface area contributed by atoms with Crippen molar-refractivity contribution in [3.8, 4) is 0 Å². The van der Waals surface area contributed by atoms with Gasteiger partial charge in [0.25, 0.3) is 0 Å². The number of ether oxygens (including phenoxy) is 1. The first-order valence-corrected chi connectivity index (χ1v) is 8.74. The molecule has 2 fully saturated rings. The fraction of sp³-hybridized carbons (Fsp3) is 0.941. The van der Waals surface area contributed by atoms with Crippen molar-refractivity contribution < 1.29 is 14.6 Å². The maximum absolute atomic E-state index is 11.8. The van der Waals surface area contributed by atoms with Crippen LogP contribution in [0.15, 0.2) is 0 Å². The molecule has 22 heavy (non-hydrogen) atoms. The number of carbonyl (C=O) groups excluding carboxylic acids is 1. The monoisotopic (exact) mass is 312 g/mol. The van der Waals surface area contributed by atoms with Crippen LogP contribution in [0.5, 0.6) is 0 Å². The van der Waals surface area contributed by atoms with Crippen molar-refractivity contribution in [2.24, 2.45) is 5.92 Å². The van der Waals surface area contributed by atoms with Crippen LogP contribution in [0.4, 0.5) is 4.79 Å². The van der Waals surface area contributed by atoms with Crippen molar-refractivity contribution in [3.05, 3.63) is 0 Å². The van der Waals surface area contributed by atoms with Crippen molar-refractivity contribution in [3.63, 3.8) is 0 Å². The summed E-state index contributed by atoms with van der Waals surface area (Å²) in [4.78, 5) is 11.8. The molecule has 2 atom stereocenters. The van der Waals surface area contributed by atoms with Gasteiger partial charge < -0.3 is 20.5 Å². The van der Waals surface area contributed by atoms with Crippen molar-refractivity contribution in [2.75, 3.05) is 6.54 Å². The Kier molecular flexibility index (Phi) is 6.09. The molecule has 2 saturated carbocycles. The highest BCUT2D eigenvalue weighted by molar-refractivity contribution is 5.68. The first kappa shape index (κ1) is 17.5. The van der Waals surface area contributed by atoms with Gasteiger partial charge in [0, 0.05) is 18.6 Å². The summed E-state index contributed by atoms with van der Waals surface area (Å²) >= 11 is 0. The molecule has 5 nitrogen and oxygen atoms in total. The summed E-state index contributed by atoms with van der Waals surface area (Å²) in [6.45, 7) is 6.57. The Morgan fingerprint density at radius 1 is 1.09 bits per heavy atom. The standard InChI is InChI=1S/C17H32N2O3/c1-17(2,3)22-16(21)19-14-9-7-13(8-10-14)18-11-12-5-4-6-15(12)20/h12-15,18,20H,4-11H2,1-3H3,(H,19,21). The van der Waals surface area contributed by atoms with Gasteiger partial charge in [-0.15, -0.1) is 0 Å². The molecular weight excluding hydrogens is 280 g/mol. The van der Waals surface area contributed by atoms with Gasteiger partial charge in [-0.2, -0.15) is 0 Å². The van der Waals surface area contributed by atoms with Crippen LogP contribution in [0.3, 0.4) is 0 Å². The van der Waals surface area contributed by atoms with E-state index in [1.807, 2.05) is 20.8 Å². The minimum atomic E-state index is -0.440. The molecule has 0 heterocycles. The number of amides is 1. The minimum Gasteiger partial charge on any atom is -0.444 e. The van der Waals surface area contributed by atoms with Gasteiger partial charge in [-0.1, -0.05) is 6.42 Å². The van der Waals surface area contributed by atoms with Crippen LogP contribution in [0.25, 0.3) is 0 Å². The quantitative estimate of drug-likeness (QED) is 0.746. The predicted molar refractivity (Wildman–Crippen MR) is 86.8 cm³/mol. The molecule has 2 rings (SSSR count). The van der Waals surface area contributed by atoms with E-state index < -0.39 is 5.60 Å². The molecule has 0 aromatic heterocycles. The van der Waals surface area contributed by atoms with E-state index in [4.69, 9.17) is 4.74 Å². The van der Waals surface area contributed by atoms with Crippen LogP contribution >= 0.6 is 0 Å². The maximum atomic E-state index is 11.8. The molecular formula is C17H32N2O3. The number of aliphatic hydroxyl groups excluding tert-OH is 1. The number of rotatable bonds is 4. The van der Waals surface area contributed by atoms with Gasteiger partial charge in [0.2, 0.25) is 0 Å². The summed E-state index contributed by atoms with van der Waals surface area (Å²) in [7, 11) is 0. The molecule has 1 amide bonds. The van der Waals surface area contributed by atoms with Crippen molar-refractivity contribution in [2.45, 2.75) is 89.5 Å². The number of nitrogens with one attached hydrogen (secondary N) is 2. The van der Waals surface area contributed by atoms with Gasteiger partial charge in [-0.25, -0.2) is 4.79 Å². The van der Waals surface area contributed by atoms with E-state index >= 15 is 0 Å². The zero-order valence-corrected chi connectivity index (χ0v) is 14.2. The normalized spacial score (nSPS) is 32.7. The number of carbonyl (C=O) groups is 1. The van der Waals surface area contributed by atoms with Crippen LogP contribution in [0, 0.1) is 5.92 Å². The summed E-state index contributed by atoms with van der Waals surface area (Å²) in [5, 5.41) is 16.4. The van der Waals surface area contributed by atoms with E-state index in [1.54, 1.807) is 0 Å². The molecule has 128 valence electrons. The van der Waals surface area contributed by atoms with E-state index in [2.05, 4.69) is 10.6 Å². The Labute approximate surface area is 134 Å². The predicted octanol–water partition coefficient (Wildman–Crippen LogP) is 2.57. The Morgan fingerprint density at radius 2 is 1.73 bits per heavy atom.